The number of aromatic nitrogens is 1. The van der Waals surface area contributed by atoms with Gasteiger partial charge in [-0.2, -0.15) is 4.31 Å². The van der Waals surface area contributed by atoms with E-state index in [4.69, 9.17) is 0 Å². The lowest BCUT2D eigenvalue weighted by Crippen LogP contribution is -2.29. The summed E-state index contributed by atoms with van der Waals surface area (Å²) < 4.78 is 39.2. The van der Waals surface area contributed by atoms with Crippen molar-refractivity contribution in [2.75, 3.05) is 13.1 Å². The van der Waals surface area contributed by atoms with Crippen molar-refractivity contribution in [1.82, 2.24) is 9.29 Å². The van der Waals surface area contributed by atoms with Gasteiger partial charge in [-0.05, 0) is 30.7 Å². The number of pyridine rings is 1. The van der Waals surface area contributed by atoms with Crippen LogP contribution in [0.5, 0.6) is 0 Å². The van der Waals surface area contributed by atoms with E-state index >= 15 is 0 Å². The average molecular weight is 270 g/mol. The van der Waals surface area contributed by atoms with E-state index in [9.17, 15) is 12.8 Å². The molecule has 1 aliphatic carbocycles. The van der Waals surface area contributed by atoms with Crippen molar-refractivity contribution in [2.24, 2.45) is 11.8 Å². The third kappa shape index (κ3) is 1.93. The van der Waals surface area contributed by atoms with E-state index in [0.29, 0.717) is 24.9 Å². The molecule has 2 heterocycles. The number of fused-ring (bicyclic) bond motifs is 1. The summed E-state index contributed by atoms with van der Waals surface area (Å²) in [5.74, 6) is 0.359. The summed E-state index contributed by atoms with van der Waals surface area (Å²) in [5.41, 5.74) is 0. The largest absolute Gasteiger partial charge is 0.260 e. The van der Waals surface area contributed by atoms with Gasteiger partial charge >= 0.3 is 0 Å². The molecular weight excluding hydrogens is 255 g/mol. The van der Waals surface area contributed by atoms with Crippen LogP contribution in [0.1, 0.15) is 19.3 Å². The zero-order chi connectivity index (χ0) is 12.8. The van der Waals surface area contributed by atoms with E-state index in [-0.39, 0.29) is 4.90 Å². The van der Waals surface area contributed by atoms with Crippen molar-refractivity contribution in [3.05, 3.63) is 24.3 Å². The van der Waals surface area contributed by atoms with Gasteiger partial charge in [-0.3, -0.25) is 4.98 Å². The first-order valence-corrected chi connectivity index (χ1v) is 7.62. The highest BCUT2D eigenvalue weighted by Crippen LogP contribution is 2.39. The molecule has 1 aromatic heterocycles. The third-order valence-corrected chi connectivity index (χ3v) is 5.81. The zero-order valence-electron chi connectivity index (χ0n) is 9.92. The van der Waals surface area contributed by atoms with Crippen molar-refractivity contribution < 1.29 is 12.8 Å². The van der Waals surface area contributed by atoms with Crippen LogP contribution in [0, 0.1) is 17.7 Å². The Morgan fingerprint density at radius 1 is 1.22 bits per heavy atom. The van der Waals surface area contributed by atoms with E-state index < -0.39 is 15.8 Å². The van der Waals surface area contributed by atoms with Crippen molar-refractivity contribution in [3.63, 3.8) is 0 Å². The van der Waals surface area contributed by atoms with Gasteiger partial charge in [0.1, 0.15) is 10.7 Å². The van der Waals surface area contributed by atoms with Gasteiger partial charge in [-0.15, -0.1) is 0 Å². The normalized spacial score (nSPS) is 28.5. The minimum atomic E-state index is -3.57. The van der Waals surface area contributed by atoms with Gasteiger partial charge in [-0.25, -0.2) is 12.8 Å². The third-order valence-electron chi connectivity index (χ3n) is 4.01. The first-order valence-electron chi connectivity index (χ1n) is 6.18. The maximum Gasteiger partial charge on any atom is 0.244 e. The van der Waals surface area contributed by atoms with Gasteiger partial charge in [-0.1, -0.05) is 6.42 Å². The highest BCUT2D eigenvalue weighted by Gasteiger charge is 2.41. The topological polar surface area (TPSA) is 50.3 Å². The van der Waals surface area contributed by atoms with Crippen LogP contribution in [0.3, 0.4) is 0 Å². The van der Waals surface area contributed by atoms with E-state index in [1.54, 1.807) is 0 Å². The second kappa shape index (κ2) is 4.28. The van der Waals surface area contributed by atoms with E-state index in [2.05, 4.69) is 4.98 Å². The number of hydrogen-bond acceptors (Lipinski definition) is 3. The molecule has 1 aliphatic heterocycles. The van der Waals surface area contributed by atoms with Crippen LogP contribution in [0.2, 0.25) is 0 Å². The fourth-order valence-corrected chi connectivity index (χ4v) is 4.60. The predicted octanol–water partition coefficient (Wildman–Crippen LogP) is 1.64. The smallest absolute Gasteiger partial charge is 0.244 e. The Bertz CT molecular complexity index is 549. The lowest BCUT2D eigenvalue weighted by molar-refractivity contribution is 0.444. The molecule has 0 radical (unpaired) electrons. The van der Waals surface area contributed by atoms with E-state index in [1.807, 2.05) is 0 Å². The number of hydrogen-bond donors (Lipinski definition) is 0. The zero-order valence-corrected chi connectivity index (χ0v) is 10.7. The molecule has 2 unspecified atom stereocenters. The van der Waals surface area contributed by atoms with Gasteiger partial charge in [0.2, 0.25) is 10.0 Å². The molecular formula is C12H15FN2O2S. The molecule has 0 bridgehead atoms. The average Bonchev–Trinajstić information content (AvgIpc) is 2.89. The molecule has 0 amide bonds. The Balaban J connectivity index is 1.87. The lowest BCUT2D eigenvalue weighted by atomic mass is 10.0. The minimum Gasteiger partial charge on any atom is -0.260 e. The standard InChI is InChI=1S/C12H15FN2O2S/c13-11-4-12(6-14-5-11)18(16,17)15-7-9-2-1-3-10(9)8-15/h4-6,9-10H,1-3,7-8H2. The van der Waals surface area contributed by atoms with Crippen LogP contribution in [0.25, 0.3) is 0 Å². The highest BCUT2D eigenvalue weighted by molar-refractivity contribution is 7.89. The summed E-state index contributed by atoms with van der Waals surface area (Å²) in [5, 5.41) is 0. The van der Waals surface area contributed by atoms with Crippen LogP contribution in [-0.2, 0) is 10.0 Å². The molecule has 2 fully saturated rings. The number of sulfonamides is 1. The Hall–Kier alpha value is -1.01. The molecule has 6 heteroatoms. The van der Waals surface area contributed by atoms with Crippen LogP contribution < -0.4 is 0 Å². The first-order chi connectivity index (χ1) is 8.57. The Kier molecular flexibility index (Phi) is 2.86. The first kappa shape index (κ1) is 12.0. The molecule has 4 nitrogen and oxygen atoms in total. The molecule has 3 rings (SSSR count). The molecule has 1 aromatic rings. The van der Waals surface area contributed by atoms with Crippen LogP contribution in [-0.4, -0.2) is 30.8 Å². The highest BCUT2D eigenvalue weighted by atomic mass is 32.2. The van der Waals surface area contributed by atoms with Crippen LogP contribution in [0.4, 0.5) is 4.39 Å². The minimum absolute atomic E-state index is 0.0394. The van der Waals surface area contributed by atoms with Gasteiger partial charge in [0, 0.05) is 19.3 Å². The van der Waals surface area contributed by atoms with E-state index in [0.717, 1.165) is 25.1 Å². The Morgan fingerprint density at radius 2 is 1.89 bits per heavy atom. The molecule has 2 aliphatic rings. The maximum atomic E-state index is 13.1. The quantitative estimate of drug-likeness (QED) is 0.821. The number of rotatable bonds is 2. The van der Waals surface area contributed by atoms with Gasteiger partial charge in [0.05, 0.1) is 6.20 Å². The van der Waals surface area contributed by atoms with Crippen molar-refractivity contribution in [3.8, 4) is 0 Å². The van der Waals surface area contributed by atoms with Gasteiger partial charge in [0.25, 0.3) is 0 Å². The fraction of sp³-hybridized carbons (Fsp3) is 0.583. The second-order valence-electron chi connectivity index (χ2n) is 5.11. The maximum absolute atomic E-state index is 13.1. The van der Waals surface area contributed by atoms with Gasteiger partial charge in [0.15, 0.2) is 0 Å². The molecule has 0 N–H and O–H groups in total. The number of halogens is 1. The Labute approximate surface area is 106 Å². The lowest BCUT2D eigenvalue weighted by Gasteiger charge is -2.16. The summed E-state index contributed by atoms with van der Waals surface area (Å²) >= 11 is 0. The van der Waals surface area contributed by atoms with Crippen LogP contribution >= 0.6 is 0 Å². The summed E-state index contributed by atoms with van der Waals surface area (Å²) in [4.78, 5) is 3.57. The predicted molar refractivity (Wildman–Crippen MR) is 63.8 cm³/mol. The molecule has 1 saturated heterocycles. The summed E-state index contributed by atoms with van der Waals surface area (Å²) in [6.45, 7) is 1.15. The fourth-order valence-electron chi connectivity index (χ4n) is 3.07. The molecule has 98 valence electrons. The summed E-state index contributed by atoms with van der Waals surface area (Å²) in [7, 11) is -3.57. The molecule has 0 aromatic carbocycles. The molecule has 18 heavy (non-hydrogen) atoms. The number of nitrogens with zero attached hydrogens (tertiary/aromatic N) is 2. The molecule has 1 saturated carbocycles. The molecule has 2 atom stereocenters. The monoisotopic (exact) mass is 270 g/mol. The van der Waals surface area contributed by atoms with Crippen molar-refractivity contribution in [2.45, 2.75) is 24.2 Å². The Morgan fingerprint density at radius 3 is 2.50 bits per heavy atom. The van der Waals surface area contributed by atoms with Gasteiger partial charge < -0.3 is 0 Å². The molecule has 0 spiro atoms. The second-order valence-corrected chi connectivity index (χ2v) is 7.05. The van der Waals surface area contributed by atoms with Crippen molar-refractivity contribution in [1.29, 1.82) is 0 Å². The SMILES string of the molecule is O=S(=O)(c1cncc(F)c1)N1CC2CCCC2C1. The van der Waals surface area contributed by atoms with Crippen molar-refractivity contribution >= 4 is 10.0 Å². The summed E-state index contributed by atoms with van der Waals surface area (Å²) in [6, 6.07) is 1.04. The van der Waals surface area contributed by atoms with Crippen LogP contribution in [0.15, 0.2) is 23.4 Å². The van der Waals surface area contributed by atoms with E-state index in [1.165, 1.54) is 16.9 Å². The summed E-state index contributed by atoms with van der Waals surface area (Å²) in [6.07, 6.45) is 5.64.